The molecule has 5 nitrogen and oxygen atoms in total. The van der Waals surface area contributed by atoms with Crippen molar-refractivity contribution in [2.24, 2.45) is 0 Å². The van der Waals surface area contributed by atoms with Crippen molar-refractivity contribution in [2.75, 3.05) is 0 Å². The maximum atomic E-state index is 11.8. The van der Waals surface area contributed by atoms with E-state index in [0.717, 1.165) is 12.8 Å². The standard InChI is InChI=1S/C12H14N2O3/c1-3-8(4-2)14-10-9(6-5-7-13-10)11(15)17-12(14)16/h5-8H,3-4H2,1-2H3. The van der Waals surface area contributed by atoms with Crippen LogP contribution < -0.4 is 11.4 Å². The van der Waals surface area contributed by atoms with E-state index < -0.39 is 11.4 Å². The molecule has 90 valence electrons. The third-order valence-electron chi connectivity index (χ3n) is 2.92. The Hall–Kier alpha value is -1.91. The first-order valence-corrected chi connectivity index (χ1v) is 5.69. The fourth-order valence-electron chi connectivity index (χ4n) is 1.99. The van der Waals surface area contributed by atoms with Crippen LogP contribution in [0.25, 0.3) is 11.0 Å². The van der Waals surface area contributed by atoms with Crippen LogP contribution in [-0.4, -0.2) is 9.55 Å². The van der Waals surface area contributed by atoms with Crippen molar-refractivity contribution >= 4 is 11.0 Å². The van der Waals surface area contributed by atoms with Crippen molar-refractivity contribution in [3.05, 3.63) is 39.3 Å². The van der Waals surface area contributed by atoms with Gasteiger partial charge in [-0.2, -0.15) is 0 Å². The van der Waals surface area contributed by atoms with E-state index in [4.69, 9.17) is 4.42 Å². The molecule has 0 aliphatic carbocycles. The summed E-state index contributed by atoms with van der Waals surface area (Å²) >= 11 is 0. The van der Waals surface area contributed by atoms with E-state index in [0.29, 0.717) is 11.0 Å². The highest BCUT2D eigenvalue weighted by atomic mass is 16.4. The van der Waals surface area contributed by atoms with Gasteiger partial charge in [0, 0.05) is 12.2 Å². The predicted molar refractivity (Wildman–Crippen MR) is 64.2 cm³/mol. The molecule has 0 atom stereocenters. The van der Waals surface area contributed by atoms with Crippen molar-refractivity contribution in [1.29, 1.82) is 0 Å². The zero-order valence-corrected chi connectivity index (χ0v) is 9.84. The van der Waals surface area contributed by atoms with Crippen molar-refractivity contribution in [3.8, 4) is 0 Å². The van der Waals surface area contributed by atoms with Crippen molar-refractivity contribution < 1.29 is 4.42 Å². The first-order valence-electron chi connectivity index (χ1n) is 5.69. The topological polar surface area (TPSA) is 65.1 Å². The van der Waals surface area contributed by atoms with Gasteiger partial charge in [0.1, 0.15) is 5.39 Å². The van der Waals surface area contributed by atoms with Crippen molar-refractivity contribution in [1.82, 2.24) is 9.55 Å². The molecule has 0 spiro atoms. The molecule has 0 unspecified atom stereocenters. The van der Waals surface area contributed by atoms with Gasteiger partial charge in [-0.15, -0.1) is 0 Å². The average Bonchev–Trinajstić information content (AvgIpc) is 2.34. The largest absolute Gasteiger partial charge is 0.423 e. The molecule has 2 aromatic heterocycles. The van der Waals surface area contributed by atoms with E-state index in [-0.39, 0.29) is 6.04 Å². The van der Waals surface area contributed by atoms with E-state index in [1.807, 2.05) is 13.8 Å². The fourth-order valence-corrected chi connectivity index (χ4v) is 1.99. The maximum Gasteiger partial charge on any atom is 0.423 e. The lowest BCUT2D eigenvalue weighted by molar-refractivity contribution is 0.364. The molecule has 0 fully saturated rings. The Balaban J connectivity index is 2.87. The number of hydrogen-bond donors (Lipinski definition) is 0. The zero-order valence-electron chi connectivity index (χ0n) is 9.84. The number of fused-ring (bicyclic) bond motifs is 1. The molecule has 0 aliphatic rings. The minimum absolute atomic E-state index is 0.00394. The fraction of sp³-hybridized carbons (Fsp3) is 0.417. The molecular weight excluding hydrogens is 220 g/mol. The predicted octanol–water partition coefficient (Wildman–Crippen LogP) is 1.71. The second-order valence-corrected chi connectivity index (χ2v) is 3.87. The van der Waals surface area contributed by atoms with E-state index in [1.54, 1.807) is 18.3 Å². The molecule has 0 aliphatic heterocycles. The Morgan fingerprint density at radius 2 is 2.06 bits per heavy atom. The highest BCUT2D eigenvalue weighted by Crippen LogP contribution is 2.16. The molecule has 2 aromatic rings. The van der Waals surface area contributed by atoms with E-state index in [9.17, 15) is 9.59 Å². The van der Waals surface area contributed by atoms with Gasteiger partial charge in [0.15, 0.2) is 5.65 Å². The molecule has 17 heavy (non-hydrogen) atoms. The summed E-state index contributed by atoms with van der Waals surface area (Å²) in [4.78, 5) is 27.4. The van der Waals surface area contributed by atoms with Gasteiger partial charge in [0.25, 0.3) is 0 Å². The molecule has 0 radical (unpaired) electrons. The summed E-state index contributed by atoms with van der Waals surface area (Å²) in [5, 5.41) is 0.346. The smallest absolute Gasteiger partial charge is 0.372 e. The van der Waals surface area contributed by atoms with Gasteiger partial charge in [0.2, 0.25) is 0 Å². The molecule has 0 amide bonds. The van der Waals surface area contributed by atoms with E-state index in [2.05, 4.69) is 4.98 Å². The molecule has 0 aromatic carbocycles. The lowest BCUT2D eigenvalue weighted by Gasteiger charge is -2.16. The van der Waals surface area contributed by atoms with Crippen LogP contribution >= 0.6 is 0 Å². The first-order chi connectivity index (χ1) is 8.19. The molecule has 2 heterocycles. The minimum Gasteiger partial charge on any atom is -0.372 e. The van der Waals surface area contributed by atoms with Crippen LogP contribution in [0.5, 0.6) is 0 Å². The average molecular weight is 234 g/mol. The molecule has 0 saturated carbocycles. The second kappa shape index (κ2) is 4.53. The monoisotopic (exact) mass is 234 g/mol. The number of hydrogen-bond acceptors (Lipinski definition) is 4. The third-order valence-corrected chi connectivity index (χ3v) is 2.92. The van der Waals surface area contributed by atoms with Crippen LogP contribution in [0.3, 0.4) is 0 Å². The third kappa shape index (κ3) is 1.88. The van der Waals surface area contributed by atoms with Crippen LogP contribution in [0.2, 0.25) is 0 Å². The van der Waals surface area contributed by atoms with Gasteiger partial charge in [0.05, 0.1) is 0 Å². The van der Waals surface area contributed by atoms with Gasteiger partial charge < -0.3 is 4.42 Å². The van der Waals surface area contributed by atoms with Crippen LogP contribution in [0.15, 0.2) is 32.3 Å². The minimum atomic E-state index is -0.630. The van der Waals surface area contributed by atoms with Crippen LogP contribution in [0.1, 0.15) is 32.7 Å². The summed E-state index contributed by atoms with van der Waals surface area (Å²) < 4.78 is 6.19. The van der Waals surface area contributed by atoms with Crippen molar-refractivity contribution in [3.63, 3.8) is 0 Å². The molecule has 0 bridgehead atoms. The number of aromatic nitrogens is 2. The number of nitrogens with zero attached hydrogens (tertiary/aromatic N) is 2. The molecule has 2 rings (SSSR count). The Bertz CT molecular complexity index is 638. The second-order valence-electron chi connectivity index (χ2n) is 3.87. The van der Waals surface area contributed by atoms with E-state index in [1.165, 1.54) is 4.57 Å². The summed E-state index contributed by atoms with van der Waals surface area (Å²) in [6.07, 6.45) is 3.14. The highest BCUT2D eigenvalue weighted by Gasteiger charge is 2.15. The Labute approximate surface area is 97.7 Å². The molecule has 5 heteroatoms. The quantitative estimate of drug-likeness (QED) is 0.810. The van der Waals surface area contributed by atoms with Crippen LogP contribution in [0, 0.1) is 0 Å². The zero-order chi connectivity index (χ0) is 12.4. The molecule has 0 saturated heterocycles. The lowest BCUT2D eigenvalue weighted by atomic mass is 10.1. The SMILES string of the molecule is CCC(CC)n1c(=O)oc(=O)c2cccnc21. The lowest BCUT2D eigenvalue weighted by Crippen LogP contribution is -2.28. The maximum absolute atomic E-state index is 11.8. The van der Waals surface area contributed by atoms with Gasteiger partial charge in [-0.25, -0.2) is 14.6 Å². The first kappa shape index (κ1) is 11.6. The summed E-state index contributed by atoms with van der Waals surface area (Å²) in [6, 6.07) is 3.28. The van der Waals surface area contributed by atoms with Gasteiger partial charge >= 0.3 is 11.4 Å². The molecule has 0 N–H and O–H groups in total. The normalized spacial score (nSPS) is 11.2. The van der Waals surface area contributed by atoms with Crippen molar-refractivity contribution in [2.45, 2.75) is 32.7 Å². The molecular formula is C12H14N2O3. The number of pyridine rings is 1. The Morgan fingerprint density at radius 1 is 1.35 bits per heavy atom. The van der Waals surface area contributed by atoms with Gasteiger partial charge in [-0.3, -0.25) is 4.57 Å². The Kier molecular flexibility index (Phi) is 3.08. The number of rotatable bonds is 3. The summed E-state index contributed by atoms with van der Waals surface area (Å²) in [6.45, 7) is 3.97. The Morgan fingerprint density at radius 3 is 2.71 bits per heavy atom. The van der Waals surface area contributed by atoms with Gasteiger partial charge in [-0.05, 0) is 25.0 Å². The van der Waals surface area contributed by atoms with Crippen LogP contribution in [-0.2, 0) is 0 Å². The van der Waals surface area contributed by atoms with E-state index >= 15 is 0 Å². The van der Waals surface area contributed by atoms with Gasteiger partial charge in [-0.1, -0.05) is 13.8 Å². The summed E-state index contributed by atoms with van der Waals surface area (Å²) in [5.41, 5.74) is -0.220. The summed E-state index contributed by atoms with van der Waals surface area (Å²) in [5.74, 6) is -0.630. The van der Waals surface area contributed by atoms with Crippen LogP contribution in [0.4, 0.5) is 0 Å². The highest BCUT2D eigenvalue weighted by molar-refractivity contribution is 5.72. The summed E-state index contributed by atoms with van der Waals surface area (Å²) in [7, 11) is 0.